The van der Waals surface area contributed by atoms with Gasteiger partial charge in [-0.2, -0.15) is 0 Å². The standard InChI is InChI=1S/C9H17NO4/c1-2-13-7-9(12)10-3-4-14-8(5-10)6-11/h8,11H,2-7H2,1H3. The van der Waals surface area contributed by atoms with Gasteiger partial charge < -0.3 is 19.5 Å². The van der Waals surface area contributed by atoms with Crippen molar-refractivity contribution in [2.24, 2.45) is 0 Å². The van der Waals surface area contributed by atoms with Crippen molar-refractivity contribution in [3.05, 3.63) is 0 Å². The first kappa shape index (κ1) is 11.4. The van der Waals surface area contributed by atoms with Gasteiger partial charge in [-0.1, -0.05) is 0 Å². The minimum Gasteiger partial charge on any atom is -0.394 e. The van der Waals surface area contributed by atoms with Crippen molar-refractivity contribution in [1.82, 2.24) is 4.90 Å². The molecule has 1 heterocycles. The molecule has 0 aromatic heterocycles. The lowest BCUT2D eigenvalue weighted by molar-refractivity contribution is -0.144. The average Bonchev–Trinajstić information content (AvgIpc) is 2.26. The van der Waals surface area contributed by atoms with Crippen molar-refractivity contribution in [2.75, 3.05) is 39.5 Å². The van der Waals surface area contributed by atoms with Gasteiger partial charge in [-0.05, 0) is 6.92 Å². The molecule has 0 aliphatic carbocycles. The lowest BCUT2D eigenvalue weighted by Gasteiger charge is -2.31. The van der Waals surface area contributed by atoms with Crippen LogP contribution in [0.3, 0.4) is 0 Å². The molecule has 1 aliphatic rings. The minimum absolute atomic E-state index is 0.0337. The topological polar surface area (TPSA) is 59.0 Å². The fourth-order valence-electron chi connectivity index (χ4n) is 1.34. The molecule has 0 aromatic carbocycles. The molecule has 1 fully saturated rings. The van der Waals surface area contributed by atoms with Crippen LogP contribution < -0.4 is 0 Å². The summed E-state index contributed by atoms with van der Waals surface area (Å²) in [5, 5.41) is 8.87. The lowest BCUT2D eigenvalue weighted by Crippen LogP contribution is -2.48. The first-order valence-corrected chi connectivity index (χ1v) is 4.86. The molecule has 0 spiro atoms. The largest absolute Gasteiger partial charge is 0.394 e. The van der Waals surface area contributed by atoms with Crippen molar-refractivity contribution in [3.63, 3.8) is 0 Å². The third-order valence-electron chi connectivity index (χ3n) is 2.12. The van der Waals surface area contributed by atoms with Crippen LogP contribution in [-0.4, -0.2) is 61.5 Å². The SMILES string of the molecule is CCOCC(=O)N1CCOC(CO)C1. The smallest absolute Gasteiger partial charge is 0.248 e. The Morgan fingerprint density at radius 1 is 1.71 bits per heavy atom. The zero-order chi connectivity index (χ0) is 10.4. The summed E-state index contributed by atoms with van der Waals surface area (Å²) in [6.07, 6.45) is -0.241. The van der Waals surface area contributed by atoms with Gasteiger partial charge in [0.15, 0.2) is 0 Å². The maximum Gasteiger partial charge on any atom is 0.248 e. The maximum absolute atomic E-state index is 11.5. The molecule has 0 saturated carbocycles. The highest BCUT2D eigenvalue weighted by Crippen LogP contribution is 2.04. The maximum atomic E-state index is 11.5. The quantitative estimate of drug-likeness (QED) is 0.652. The second kappa shape index (κ2) is 5.95. The molecule has 0 radical (unpaired) electrons. The second-order valence-corrected chi connectivity index (χ2v) is 3.15. The molecule has 1 atom stereocenters. The molecule has 5 nitrogen and oxygen atoms in total. The number of aliphatic hydroxyl groups is 1. The Morgan fingerprint density at radius 2 is 2.50 bits per heavy atom. The van der Waals surface area contributed by atoms with E-state index in [0.29, 0.717) is 26.3 Å². The van der Waals surface area contributed by atoms with Crippen LogP contribution in [0.25, 0.3) is 0 Å². The first-order chi connectivity index (χ1) is 6.77. The molecule has 1 aliphatic heterocycles. The van der Waals surface area contributed by atoms with Crippen LogP contribution >= 0.6 is 0 Å². The Labute approximate surface area is 83.6 Å². The minimum atomic E-state index is -0.241. The van der Waals surface area contributed by atoms with E-state index in [1.807, 2.05) is 6.92 Å². The zero-order valence-corrected chi connectivity index (χ0v) is 8.44. The lowest BCUT2D eigenvalue weighted by atomic mass is 10.3. The number of rotatable bonds is 4. The van der Waals surface area contributed by atoms with Crippen LogP contribution in [0.5, 0.6) is 0 Å². The zero-order valence-electron chi connectivity index (χ0n) is 8.44. The number of amides is 1. The van der Waals surface area contributed by atoms with E-state index < -0.39 is 0 Å². The third kappa shape index (κ3) is 3.25. The molecule has 0 aromatic rings. The van der Waals surface area contributed by atoms with Gasteiger partial charge in [0.1, 0.15) is 6.61 Å². The van der Waals surface area contributed by atoms with E-state index >= 15 is 0 Å². The van der Waals surface area contributed by atoms with E-state index in [0.717, 1.165) is 0 Å². The first-order valence-electron chi connectivity index (χ1n) is 4.86. The predicted molar refractivity (Wildman–Crippen MR) is 49.9 cm³/mol. The van der Waals surface area contributed by atoms with Gasteiger partial charge in [0, 0.05) is 19.7 Å². The highest BCUT2D eigenvalue weighted by molar-refractivity contribution is 5.77. The van der Waals surface area contributed by atoms with E-state index in [4.69, 9.17) is 14.6 Å². The average molecular weight is 203 g/mol. The second-order valence-electron chi connectivity index (χ2n) is 3.15. The van der Waals surface area contributed by atoms with Gasteiger partial charge in [-0.25, -0.2) is 0 Å². The molecule has 5 heteroatoms. The Balaban J connectivity index is 2.31. The van der Waals surface area contributed by atoms with E-state index in [2.05, 4.69) is 0 Å². The molecule has 1 amide bonds. The highest BCUT2D eigenvalue weighted by atomic mass is 16.5. The van der Waals surface area contributed by atoms with Gasteiger partial charge in [0.25, 0.3) is 0 Å². The summed E-state index contributed by atoms with van der Waals surface area (Å²) < 4.78 is 10.3. The van der Waals surface area contributed by atoms with E-state index in [1.165, 1.54) is 0 Å². The van der Waals surface area contributed by atoms with Gasteiger partial charge in [0.2, 0.25) is 5.91 Å². The number of hydrogen-bond acceptors (Lipinski definition) is 4. The number of aliphatic hydroxyl groups excluding tert-OH is 1. The van der Waals surface area contributed by atoms with Crippen molar-refractivity contribution >= 4 is 5.91 Å². The van der Waals surface area contributed by atoms with Crippen molar-refractivity contribution in [1.29, 1.82) is 0 Å². The van der Waals surface area contributed by atoms with Crippen LogP contribution in [0.2, 0.25) is 0 Å². The summed E-state index contributed by atoms with van der Waals surface area (Å²) in [4.78, 5) is 13.1. The molecule has 1 rings (SSSR count). The van der Waals surface area contributed by atoms with Gasteiger partial charge in [-0.15, -0.1) is 0 Å². The summed E-state index contributed by atoms with van der Waals surface area (Å²) in [6.45, 7) is 4.00. The van der Waals surface area contributed by atoms with E-state index in [9.17, 15) is 4.79 Å². The number of morpholine rings is 1. The third-order valence-corrected chi connectivity index (χ3v) is 2.12. The van der Waals surface area contributed by atoms with Crippen LogP contribution in [0, 0.1) is 0 Å². The van der Waals surface area contributed by atoms with Crippen LogP contribution in [0.15, 0.2) is 0 Å². The molecular formula is C9H17NO4. The van der Waals surface area contributed by atoms with E-state index in [-0.39, 0.29) is 25.2 Å². The molecule has 14 heavy (non-hydrogen) atoms. The summed E-state index contributed by atoms with van der Waals surface area (Å²) in [7, 11) is 0. The van der Waals surface area contributed by atoms with E-state index in [1.54, 1.807) is 4.90 Å². The monoisotopic (exact) mass is 203 g/mol. The molecular weight excluding hydrogens is 186 g/mol. The molecule has 0 bridgehead atoms. The molecule has 1 saturated heterocycles. The Hall–Kier alpha value is -0.650. The van der Waals surface area contributed by atoms with Crippen molar-refractivity contribution in [2.45, 2.75) is 13.0 Å². The predicted octanol–water partition coefficient (Wildman–Crippen LogP) is -0.757. The number of carbonyl (C=O) groups excluding carboxylic acids is 1. The Kier molecular flexibility index (Phi) is 4.86. The number of ether oxygens (including phenoxy) is 2. The number of nitrogens with zero attached hydrogens (tertiary/aromatic N) is 1. The number of hydrogen-bond donors (Lipinski definition) is 1. The van der Waals surface area contributed by atoms with Crippen LogP contribution in [-0.2, 0) is 14.3 Å². The number of carbonyl (C=O) groups is 1. The molecule has 1 unspecified atom stereocenters. The van der Waals surface area contributed by atoms with Gasteiger partial charge >= 0.3 is 0 Å². The van der Waals surface area contributed by atoms with Crippen LogP contribution in [0.1, 0.15) is 6.92 Å². The van der Waals surface area contributed by atoms with Crippen LogP contribution in [0.4, 0.5) is 0 Å². The fraction of sp³-hybridized carbons (Fsp3) is 0.889. The van der Waals surface area contributed by atoms with Crippen molar-refractivity contribution in [3.8, 4) is 0 Å². The normalized spacial score (nSPS) is 22.4. The van der Waals surface area contributed by atoms with Gasteiger partial charge in [-0.3, -0.25) is 4.79 Å². The Morgan fingerprint density at radius 3 is 3.14 bits per heavy atom. The molecule has 1 N–H and O–H groups in total. The Bertz CT molecular complexity index is 186. The molecule has 82 valence electrons. The summed E-state index contributed by atoms with van der Waals surface area (Å²) in [5.74, 6) is -0.0337. The summed E-state index contributed by atoms with van der Waals surface area (Å²) in [5.41, 5.74) is 0. The fourth-order valence-corrected chi connectivity index (χ4v) is 1.34. The van der Waals surface area contributed by atoms with Crippen molar-refractivity contribution < 1.29 is 19.4 Å². The summed E-state index contributed by atoms with van der Waals surface area (Å²) in [6, 6.07) is 0. The summed E-state index contributed by atoms with van der Waals surface area (Å²) >= 11 is 0. The highest BCUT2D eigenvalue weighted by Gasteiger charge is 2.23. The van der Waals surface area contributed by atoms with Gasteiger partial charge in [0.05, 0.1) is 19.3 Å².